The van der Waals surface area contributed by atoms with Crippen molar-refractivity contribution in [3.05, 3.63) is 34.7 Å². The third-order valence-corrected chi connectivity index (χ3v) is 3.27. The van der Waals surface area contributed by atoms with Gasteiger partial charge in [0.05, 0.1) is 0 Å². The maximum atomic E-state index is 11.5. The number of benzene rings is 1. The van der Waals surface area contributed by atoms with Crippen LogP contribution >= 0.6 is 0 Å². The predicted octanol–water partition coefficient (Wildman–Crippen LogP) is 1.05. The highest BCUT2D eigenvalue weighted by Gasteiger charge is 2.10. The van der Waals surface area contributed by atoms with Crippen LogP contribution in [0.4, 0.5) is 0 Å². The molecule has 1 aromatic carbocycles. The predicted molar refractivity (Wildman–Crippen MR) is 72.1 cm³/mol. The lowest BCUT2D eigenvalue weighted by molar-refractivity contribution is 0.611. The fourth-order valence-corrected chi connectivity index (χ4v) is 2.38. The first-order valence-corrected chi connectivity index (χ1v) is 7.46. The molecule has 0 heterocycles. The molecule has 0 amide bonds. The van der Waals surface area contributed by atoms with Crippen LogP contribution in [0.3, 0.4) is 0 Å². The minimum Gasteiger partial charge on any atom is -0.223 e. The molecule has 90 valence electrons. The Bertz CT molecular complexity index is 671. The van der Waals surface area contributed by atoms with Gasteiger partial charge in [0.2, 0.25) is 0 Å². The number of sulfone groups is 1. The molecule has 1 aliphatic carbocycles. The topological polar surface area (TPSA) is 34.1 Å². The van der Waals surface area contributed by atoms with Crippen LogP contribution in [0.5, 0.6) is 0 Å². The van der Waals surface area contributed by atoms with Gasteiger partial charge in [-0.25, -0.2) is 8.42 Å². The molecule has 3 heteroatoms. The van der Waals surface area contributed by atoms with Gasteiger partial charge in [-0.05, 0) is 5.22 Å². The molecule has 1 aromatic rings. The largest absolute Gasteiger partial charge is 0.223 e. The molecule has 0 radical (unpaired) electrons. The molecule has 2 rings (SSSR count). The van der Waals surface area contributed by atoms with E-state index >= 15 is 0 Å². The van der Waals surface area contributed by atoms with E-state index in [0.717, 1.165) is 5.22 Å². The van der Waals surface area contributed by atoms with E-state index in [2.05, 4.69) is 11.8 Å². The third-order valence-electron chi connectivity index (χ3n) is 2.20. The fraction of sp³-hybridized carbons (Fsp3) is 0.286. The van der Waals surface area contributed by atoms with Gasteiger partial charge in [-0.3, -0.25) is 0 Å². The number of hydrogen-bond donors (Lipinski definition) is 0. The first-order valence-electron chi connectivity index (χ1n) is 5.57. The number of fused-ring (bicyclic) bond motifs is 1. The Balaban J connectivity index is 0.000000686. The van der Waals surface area contributed by atoms with Crippen molar-refractivity contribution in [3.8, 4) is 11.8 Å². The molecule has 0 saturated carbocycles. The Kier molecular flexibility index (Phi) is 4.53. The second-order valence-corrected chi connectivity index (χ2v) is 5.35. The molecule has 0 atom stereocenters. The molecule has 0 spiro atoms. The van der Waals surface area contributed by atoms with Gasteiger partial charge in [0.1, 0.15) is 4.91 Å². The van der Waals surface area contributed by atoms with Crippen molar-refractivity contribution in [3.63, 3.8) is 0 Å². The summed E-state index contributed by atoms with van der Waals surface area (Å²) in [6, 6.07) is 7.41. The van der Waals surface area contributed by atoms with Crippen molar-refractivity contribution in [1.29, 1.82) is 0 Å². The highest BCUT2D eigenvalue weighted by Crippen LogP contribution is 2.02. The Morgan fingerprint density at radius 1 is 1.18 bits per heavy atom. The van der Waals surface area contributed by atoms with Crippen LogP contribution in [0.1, 0.15) is 20.3 Å². The molecule has 0 N–H and O–H groups in total. The second-order valence-electron chi connectivity index (χ2n) is 3.40. The van der Waals surface area contributed by atoms with Crippen LogP contribution in [0.15, 0.2) is 24.3 Å². The highest BCUT2D eigenvalue weighted by molar-refractivity contribution is 8.00. The van der Waals surface area contributed by atoms with E-state index in [0.29, 0.717) is 11.6 Å². The van der Waals surface area contributed by atoms with Crippen LogP contribution in [-0.2, 0) is 9.84 Å². The van der Waals surface area contributed by atoms with Crippen molar-refractivity contribution in [2.24, 2.45) is 0 Å². The van der Waals surface area contributed by atoms with Gasteiger partial charge in [-0.2, -0.15) is 0 Å². The Hall–Kier alpha value is -1.53. The summed E-state index contributed by atoms with van der Waals surface area (Å²) in [4.78, 5) is 0.229. The number of hydrogen-bond acceptors (Lipinski definition) is 2. The van der Waals surface area contributed by atoms with Crippen LogP contribution in [0, 0.1) is 11.8 Å². The van der Waals surface area contributed by atoms with E-state index in [9.17, 15) is 8.42 Å². The summed E-state index contributed by atoms with van der Waals surface area (Å²) < 4.78 is 23.1. The molecule has 2 nitrogen and oxygen atoms in total. The van der Waals surface area contributed by atoms with Gasteiger partial charge in [0, 0.05) is 17.9 Å². The average Bonchev–Trinajstić information content (AvgIpc) is 2.53. The van der Waals surface area contributed by atoms with Gasteiger partial charge < -0.3 is 0 Å². The Morgan fingerprint density at radius 3 is 2.47 bits per heavy atom. The van der Waals surface area contributed by atoms with Crippen molar-refractivity contribution >= 4 is 20.8 Å². The summed E-state index contributed by atoms with van der Waals surface area (Å²) in [6.45, 7) is 4.00. The molecule has 1 aliphatic rings. The number of rotatable bonds is 1. The van der Waals surface area contributed by atoms with E-state index in [4.69, 9.17) is 0 Å². The molecular weight excluding hydrogens is 232 g/mol. The zero-order valence-corrected chi connectivity index (χ0v) is 11.1. The zero-order valence-electron chi connectivity index (χ0n) is 10.3. The third kappa shape index (κ3) is 3.21. The summed E-state index contributed by atoms with van der Waals surface area (Å²) in [6.07, 6.45) is 3.73. The molecule has 0 aliphatic heterocycles. The summed E-state index contributed by atoms with van der Waals surface area (Å²) in [5.41, 5.74) is 0. The van der Waals surface area contributed by atoms with Gasteiger partial charge in [-0.15, -0.1) is 0 Å². The quantitative estimate of drug-likeness (QED) is 0.696. The standard InChI is InChI=1S/C12H10O2S.C2H6/c1-15(13,14)12-9-5-3-7-10-6-2-4-8-11(10)12;1-2/h2,4,6-8H,3H2,1H3;1-2H3. The van der Waals surface area contributed by atoms with Crippen LogP contribution in [0.25, 0.3) is 11.0 Å². The lowest BCUT2D eigenvalue weighted by Crippen LogP contribution is -2.27. The molecule has 0 saturated heterocycles. The monoisotopic (exact) mass is 248 g/mol. The van der Waals surface area contributed by atoms with Crippen LogP contribution in [-0.4, -0.2) is 14.7 Å². The van der Waals surface area contributed by atoms with Gasteiger partial charge in [-0.1, -0.05) is 56.0 Å². The molecule has 0 fully saturated rings. The normalized spacial score (nSPS) is 13.0. The van der Waals surface area contributed by atoms with E-state index in [1.54, 1.807) is 6.07 Å². The lowest BCUT2D eigenvalue weighted by atomic mass is 10.2. The van der Waals surface area contributed by atoms with E-state index in [1.807, 2.05) is 38.1 Å². The molecular formula is C14H16O2S. The molecule has 0 unspecified atom stereocenters. The van der Waals surface area contributed by atoms with Crippen LogP contribution < -0.4 is 10.4 Å². The van der Waals surface area contributed by atoms with E-state index in [-0.39, 0.29) is 4.91 Å². The average molecular weight is 248 g/mol. The first-order chi connectivity index (χ1) is 8.09. The maximum Gasteiger partial charge on any atom is 0.184 e. The summed E-state index contributed by atoms with van der Waals surface area (Å²) in [7, 11) is -3.24. The summed E-state index contributed by atoms with van der Waals surface area (Å²) in [5.74, 6) is 5.55. The minimum absolute atomic E-state index is 0.229. The van der Waals surface area contributed by atoms with Crippen molar-refractivity contribution in [1.82, 2.24) is 0 Å². The first kappa shape index (κ1) is 13.5. The van der Waals surface area contributed by atoms with Gasteiger partial charge in [0.15, 0.2) is 9.84 Å². The summed E-state index contributed by atoms with van der Waals surface area (Å²) in [5, 5.41) is 1.64. The summed E-state index contributed by atoms with van der Waals surface area (Å²) >= 11 is 0. The van der Waals surface area contributed by atoms with Crippen molar-refractivity contribution in [2.45, 2.75) is 20.3 Å². The minimum atomic E-state index is -3.24. The highest BCUT2D eigenvalue weighted by atomic mass is 32.2. The lowest BCUT2D eigenvalue weighted by Gasteiger charge is -1.96. The SMILES string of the molecule is CC.CS(=O)(=O)C1=c2ccccc2=CCC#C1. The molecule has 0 aromatic heterocycles. The zero-order chi connectivity index (χ0) is 12.9. The Morgan fingerprint density at radius 2 is 1.82 bits per heavy atom. The maximum absolute atomic E-state index is 11.5. The Labute approximate surface area is 103 Å². The molecule has 17 heavy (non-hydrogen) atoms. The van der Waals surface area contributed by atoms with E-state index in [1.165, 1.54) is 6.26 Å². The smallest absolute Gasteiger partial charge is 0.184 e. The van der Waals surface area contributed by atoms with Gasteiger partial charge in [0.25, 0.3) is 0 Å². The second kappa shape index (κ2) is 5.70. The van der Waals surface area contributed by atoms with Gasteiger partial charge >= 0.3 is 0 Å². The van der Waals surface area contributed by atoms with E-state index < -0.39 is 9.84 Å². The molecule has 0 bridgehead atoms. The van der Waals surface area contributed by atoms with Crippen LogP contribution in [0.2, 0.25) is 0 Å². The fourth-order valence-electron chi connectivity index (χ4n) is 1.53. The van der Waals surface area contributed by atoms with Crippen molar-refractivity contribution in [2.75, 3.05) is 6.26 Å². The van der Waals surface area contributed by atoms with Crippen molar-refractivity contribution < 1.29 is 8.42 Å².